The number of aliphatic hydroxyl groups excluding tert-OH is 1. The molecule has 1 aliphatic heterocycles. The van der Waals surface area contributed by atoms with E-state index >= 15 is 0 Å². The van der Waals surface area contributed by atoms with Crippen LogP contribution in [0, 0.1) is 0 Å². The molecule has 0 amide bonds. The minimum Gasteiger partial charge on any atom is -0.399 e. The van der Waals surface area contributed by atoms with E-state index in [0.717, 1.165) is 33.9 Å². The highest BCUT2D eigenvalue weighted by atomic mass is 32.2. The van der Waals surface area contributed by atoms with Crippen molar-refractivity contribution in [1.82, 2.24) is 4.98 Å². The molecule has 0 aliphatic carbocycles. The molecular weight excluding hydrogens is 384 g/mol. The maximum atomic E-state index is 9.30. The lowest BCUT2D eigenvalue weighted by Gasteiger charge is -2.36. The number of hydrogen-bond acceptors (Lipinski definition) is 6. The van der Waals surface area contributed by atoms with Gasteiger partial charge < -0.3 is 20.3 Å². The zero-order valence-electron chi connectivity index (χ0n) is 16.0. The summed E-state index contributed by atoms with van der Waals surface area (Å²) in [4.78, 5) is 4.38. The van der Waals surface area contributed by atoms with Crippen LogP contribution in [0.15, 0.2) is 78.0 Å². The predicted octanol–water partition coefficient (Wildman–Crippen LogP) is 4.49. The number of anilines is 1. The van der Waals surface area contributed by atoms with Crippen LogP contribution in [0.4, 0.5) is 5.69 Å². The zero-order chi connectivity index (χ0) is 20.1. The fourth-order valence-corrected chi connectivity index (χ4v) is 4.22. The Balaban J connectivity index is 1.53. The molecule has 5 nitrogen and oxygen atoms in total. The van der Waals surface area contributed by atoms with Gasteiger partial charge in [0, 0.05) is 29.6 Å². The van der Waals surface area contributed by atoms with Crippen LogP contribution in [0.3, 0.4) is 0 Å². The van der Waals surface area contributed by atoms with Gasteiger partial charge in [-0.05, 0) is 35.4 Å². The van der Waals surface area contributed by atoms with E-state index in [2.05, 4.69) is 4.98 Å². The normalized spacial score (nSPS) is 21.8. The second-order valence-electron chi connectivity index (χ2n) is 7.00. The van der Waals surface area contributed by atoms with Crippen molar-refractivity contribution >= 4 is 17.4 Å². The third kappa shape index (κ3) is 5.16. The number of thioether (sulfide) groups is 1. The molecule has 1 fully saturated rings. The molecule has 2 heterocycles. The van der Waals surface area contributed by atoms with Crippen molar-refractivity contribution in [3.05, 3.63) is 89.6 Å². The molecule has 6 heteroatoms. The highest BCUT2D eigenvalue weighted by Gasteiger charge is 2.32. The quantitative estimate of drug-likeness (QED) is 0.462. The summed E-state index contributed by atoms with van der Waals surface area (Å²) >= 11 is 1.68. The summed E-state index contributed by atoms with van der Waals surface area (Å²) in [6, 6.07) is 21.4. The highest BCUT2D eigenvalue weighted by Crippen LogP contribution is 2.39. The number of rotatable bonds is 6. The molecule has 2 aromatic carbocycles. The Morgan fingerprint density at radius 1 is 1.00 bits per heavy atom. The van der Waals surface area contributed by atoms with Gasteiger partial charge in [0.05, 0.1) is 23.8 Å². The largest absolute Gasteiger partial charge is 0.399 e. The Morgan fingerprint density at radius 3 is 2.59 bits per heavy atom. The molecule has 29 heavy (non-hydrogen) atoms. The summed E-state index contributed by atoms with van der Waals surface area (Å²) in [5.41, 5.74) is 9.52. The van der Waals surface area contributed by atoms with Gasteiger partial charge in [-0.25, -0.2) is 4.98 Å². The van der Waals surface area contributed by atoms with Crippen molar-refractivity contribution in [3.8, 4) is 0 Å². The van der Waals surface area contributed by atoms with Crippen LogP contribution in [-0.2, 0) is 16.1 Å². The minimum atomic E-state index is -0.482. The zero-order valence-corrected chi connectivity index (χ0v) is 16.8. The molecule has 3 atom stereocenters. The van der Waals surface area contributed by atoms with Crippen LogP contribution in [0.25, 0.3) is 0 Å². The topological polar surface area (TPSA) is 77.6 Å². The number of nitrogens with two attached hydrogens (primary N) is 1. The molecule has 1 saturated heterocycles. The summed E-state index contributed by atoms with van der Waals surface area (Å²) < 4.78 is 12.6. The van der Waals surface area contributed by atoms with E-state index in [1.165, 1.54) is 0 Å². The van der Waals surface area contributed by atoms with Gasteiger partial charge in [0.15, 0.2) is 6.29 Å². The Morgan fingerprint density at radius 2 is 1.86 bits per heavy atom. The van der Waals surface area contributed by atoms with Crippen LogP contribution >= 0.6 is 11.8 Å². The molecule has 1 aromatic heterocycles. The second-order valence-corrected chi connectivity index (χ2v) is 8.04. The van der Waals surface area contributed by atoms with Crippen molar-refractivity contribution in [3.63, 3.8) is 0 Å². The van der Waals surface area contributed by atoms with Gasteiger partial charge in [0.25, 0.3) is 0 Å². The number of nitrogens with zero attached hydrogens (tertiary/aromatic N) is 1. The number of aliphatic hydroxyl groups is 1. The predicted molar refractivity (Wildman–Crippen MR) is 114 cm³/mol. The monoisotopic (exact) mass is 408 g/mol. The molecule has 0 bridgehead atoms. The Hall–Kier alpha value is -2.38. The Bertz CT molecular complexity index is 921. The third-order valence-electron chi connectivity index (χ3n) is 4.85. The van der Waals surface area contributed by atoms with Gasteiger partial charge in [-0.3, -0.25) is 0 Å². The first-order valence-electron chi connectivity index (χ1n) is 9.61. The molecule has 0 spiro atoms. The average Bonchev–Trinajstić information content (AvgIpc) is 2.78. The molecule has 4 rings (SSSR count). The minimum absolute atomic E-state index is 0.00436. The van der Waals surface area contributed by atoms with Gasteiger partial charge in [-0.1, -0.05) is 42.5 Å². The lowest BCUT2D eigenvalue weighted by atomic mass is 10.0. The van der Waals surface area contributed by atoms with Crippen LogP contribution in [0.5, 0.6) is 0 Å². The van der Waals surface area contributed by atoms with Crippen molar-refractivity contribution in [1.29, 1.82) is 0 Å². The van der Waals surface area contributed by atoms with Crippen molar-refractivity contribution in [2.45, 2.75) is 36.6 Å². The average molecular weight is 409 g/mol. The number of aromatic nitrogens is 1. The molecule has 3 N–H and O–H groups in total. The third-order valence-corrected chi connectivity index (χ3v) is 5.93. The lowest BCUT2D eigenvalue weighted by Crippen LogP contribution is -2.31. The van der Waals surface area contributed by atoms with Crippen LogP contribution in [0.1, 0.15) is 35.5 Å². The lowest BCUT2D eigenvalue weighted by molar-refractivity contribution is -0.245. The van der Waals surface area contributed by atoms with Crippen molar-refractivity contribution in [2.24, 2.45) is 0 Å². The number of hydrogen-bond donors (Lipinski definition) is 2. The molecule has 150 valence electrons. The van der Waals surface area contributed by atoms with Crippen LogP contribution < -0.4 is 5.73 Å². The molecule has 0 saturated carbocycles. The second kappa shape index (κ2) is 9.41. The summed E-state index contributed by atoms with van der Waals surface area (Å²) in [7, 11) is 0. The van der Waals surface area contributed by atoms with E-state index in [9.17, 15) is 5.11 Å². The van der Waals surface area contributed by atoms with E-state index in [4.69, 9.17) is 15.2 Å². The molecule has 0 unspecified atom stereocenters. The molecule has 3 aromatic rings. The Kier molecular flexibility index (Phi) is 6.46. The van der Waals surface area contributed by atoms with Gasteiger partial charge in [-0.15, -0.1) is 11.8 Å². The van der Waals surface area contributed by atoms with Gasteiger partial charge in [-0.2, -0.15) is 0 Å². The van der Waals surface area contributed by atoms with Crippen LogP contribution in [-0.4, -0.2) is 21.9 Å². The Labute approximate surface area is 174 Å². The summed E-state index contributed by atoms with van der Waals surface area (Å²) in [6.45, 7) is 0.0319. The fourth-order valence-electron chi connectivity index (χ4n) is 3.34. The first kappa shape index (κ1) is 19.9. The first-order chi connectivity index (χ1) is 14.2. The number of ether oxygens (including phenoxy) is 2. The van der Waals surface area contributed by atoms with Crippen molar-refractivity contribution in [2.75, 3.05) is 11.5 Å². The van der Waals surface area contributed by atoms with Crippen molar-refractivity contribution < 1.29 is 14.6 Å². The number of pyridine rings is 1. The standard InChI is InChI=1S/C23H24N2O3S/c24-19-5-3-4-18(12-19)23-27-20(15-29-22-6-1-2-11-25-22)13-21(28-23)17-9-7-16(14-26)8-10-17/h1-12,20-21,23,26H,13-15,24H2/t20-,21+,23+/m1/s1. The maximum absolute atomic E-state index is 9.30. The van der Waals surface area contributed by atoms with E-state index in [1.54, 1.807) is 18.0 Å². The fraction of sp³-hybridized carbons (Fsp3) is 0.261. The van der Waals surface area contributed by atoms with E-state index < -0.39 is 6.29 Å². The first-order valence-corrected chi connectivity index (χ1v) is 10.6. The number of nitrogen functional groups attached to an aromatic ring is 1. The van der Waals surface area contributed by atoms with Crippen LogP contribution in [0.2, 0.25) is 0 Å². The van der Waals surface area contributed by atoms with Gasteiger partial charge >= 0.3 is 0 Å². The van der Waals surface area contributed by atoms with Gasteiger partial charge in [0.1, 0.15) is 0 Å². The van der Waals surface area contributed by atoms with E-state index in [0.29, 0.717) is 5.69 Å². The summed E-state index contributed by atoms with van der Waals surface area (Å²) in [5, 5.41) is 10.3. The molecule has 1 aliphatic rings. The maximum Gasteiger partial charge on any atom is 0.184 e. The summed E-state index contributed by atoms with van der Waals surface area (Å²) in [5.74, 6) is 0.782. The SMILES string of the molecule is Nc1cccc([C@H]2O[C@@H](CSc3ccccn3)C[C@@H](c3ccc(CO)cc3)O2)c1. The van der Waals surface area contributed by atoms with Gasteiger partial charge in [0.2, 0.25) is 0 Å². The summed E-state index contributed by atoms with van der Waals surface area (Å²) in [6.07, 6.45) is 1.97. The number of benzene rings is 2. The highest BCUT2D eigenvalue weighted by molar-refractivity contribution is 7.99. The molecule has 0 radical (unpaired) electrons. The molecular formula is C23H24N2O3S. The smallest absolute Gasteiger partial charge is 0.184 e. The van der Waals surface area contributed by atoms with E-state index in [1.807, 2.05) is 66.7 Å². The van der Waals surface area contributed by atoms with E-state index in [-0.39, 0.29) is 18.8 Å².